The van der Waals surface area contributed by atoms with Crippen molar-refractivity contribution in [1.29, 1.82) is 0 Å². The number of rotatable bonds is 7. The van der Waals surface area contributed by atoms with Gasteiger partial charge in [-0.05, 0) is 48.5 Å². The third kappa shape index (κ3) is 7.74. The van der Waals surface area contributed by atoms with Crippen molar-refractivity contribution in [2.75, 3.05) is 17.2 Å². The summed E-state index contributed by atoms with van der Waals surface area (Å²) in [6, 6.07) is 20.5. The van der Waals surface area contributed by atoms with Gasteiger partial charge in [0.15, 0.2) is 6.61 Å². The quantitative estimate of drug-likeness (QED) is 0.242. The summed E-state index contributed by atoms with van der Waals surface area (Å²) in [4.78, 5) is 36.1. The lowest BCUT2D eigenvalue weighted by Crippen LogP contribution is -2.32. The zero-order valence-corrected chi connectivity index (χ0v) is 19.4. The first-order valence-corrected chi connectivity index (χ1v) is 10.7. The predicted octanol–water partition coefficient (Wildman–Crippen LogP) is 4.21. The minimum atomic E-state index is -0.967. The summed E-state index contributed by atoms with van der Waals surface area (Å²) in [7, 11) is 0. The Labute approximate surface area is 203 Å². The molecule has 0 saturated carbocycles. The number of carbonyl (C=O) groups is 3. The van der Waals surface area contributed by atoms with Gasteiger partial charge in [-0.15, -0.1) is 0 Å². The monoisotopic (exact) mass is 528 g/mol. The molecular weight excluding hydrogens is 512 g/mol. The molecule has 0 aromatic heterocycles. The van der Waals surface area contributed by atoms with Crippen molar-refractivity contribution in [2.45, 2.75) is 0 Å². The Morgan fingerprint density at radius 3 is 2.42 bits per heavy atom. The lowest BCUT2D eigenvalue weighted by Gasteiger charge is -2.10. The van der Waals surface area contributed by atoms with Crippen LogP contribution >= 0.6 is 27.5 Å². The number of nitrogens with zero attached hydrogens (tertiary/aromatic N) is 1. The van der Waals surface area contributed by atoms with Crippen LogP contribution in [0.4, 0.5) is 11.4 Å². The van der Waals surface area contributed by atoms with Gasteiger partial charge >= 0.3 is 11.8 Å². The second kappa shape index (κ2) is 11.8. The highest BCUT2D eigenvalue weighted by Gasteiger charge is 2.13. The number of benzene rings is 3. The second-order valence-electron chi connectivity index (χ2n) is 6.55. The number of carbonyl (C=O) groups excluding carboxylic acids is 3. The molecule has 168 valence electrons. The summed E-state index contributed by atoms with van der Waals surface area (Å²) in [5.74, 6) is -1.84. The van der Waals surface area contributed by atoms with Crippen molar-refractivity contribution >= 4 is 62.8 Å². The van der Waals surface area contributed by atoms with Gasteiger partial charge in [0.25, 0.3) is 5.91 Å². The van der Waals surface area contributed by atoms with Crippen LogP contribution in [0.3, 0.4) is 0 Å². The summed E-state index contributed by atoms with van der Waals surface area (Å²) in [6.45, 7) is -0.230. The molecule has 0 heterocycles. The van der Waals surface area contributed by atoms with E-state index in [2.05, 4.69) is 37.1 Å². The maximum absolute atomic E-state index is 12.1. The van der Waals surface area contributed by atoms with Gasteiger partial charge in [0.2, 0.25) is 0 Å². The third-order valence-corrected chi connectivity index (χ3v) is 4.77. The Morgan fingerprint density at radius 1 is 0.909 bits per heavy atom. The van der Waals surface area contributed by atoms with Crippen molar-refractivity contribution in [2.24, 2.45) is 5.10 Å². The van der Waals surface area contributed by atoms with Crippen LogP contribution in [-0.4, -0.2) is 30.5 Å². The van der Waals surface area contributed by atoms with Crippen molar-refractivity contribution in [1.82, 2.24) is 5.43 Å². The number of amides is 3. The van der Waals surface area contributed by atoms with Gasteiger partial charge in [-0.3, -0.25) is 14.4 Å². The van der Waals surface area contributed by atoms with Gasteiger partial charge < -0.3 is 15.4 Å². The number of hydrogen-bond donors (Lipinski definition) is 3. The molecule has 8 nitrogen and oxygen atoms in total. The second-order valence-corrected chi connectivity index (χ2v) is 7.90. The number of para-hydroxylation sites is 1. The van der Waals surface area contributed by atoms with E-state index in [9.17, 15) is 14.4 Å². The minimum absolute atomic E-state index is 0.230. The SMILES string of the molecule is O=C(COc1ccc(Br)cc1/C=N\NC(=O)C(=O)Nc1cccc(Cl)c1)Nc1ccccc1. The molecule has 0 aliphatic carbocycles. The van der Waals surface area contributed by atoms with Crippen LogP contribution < -0.4 is 20.8 Å². The molecule has 0 unspecified atom stereocenters. The Morgan fingerprint density at radius 2 is 1.67 bits per heavy atom. The van der Waals surface area contributed by atoms with E-state index in [0.29, 0.717) is 27.7 Å². The Kier molecular flexibility index (Phi) is 8.56. The highest BCUT2D eigenvalue weighted by Crippen LogP contribution is 2.22. The van der Waals surface area contributed by atoms with Crippen LogP contribution in [0.5, 0.6) is 5.75 Å². The van der Waals surface area contributed by atoms with Crippen LogP contribution in [-0.2, 0) is 14.4 Å². The number of halogens is 2. The number of hydrogen-bond acceptors (Lipinski definition) is 5. The van der Waals surface area contributed by atoms with Crippen LogP contribution in [0.2, 0.25) is 5.02 Å². The molecule has 0 aliphatic rings. The van der Waals surface area contributed by atoms with Gasteiger partial charge in [0.1, 0.15) is 5.75 Å². The largest absolute Gasteiger partial charge is 0.483 e. The van der Waals surface area contributed by atoms with Gasteiger partial charge in [-0.1, -0.05) is 51.8 Å². The zero-order valence-electron chi connectivity index (χ0n) is 17.0. The average molecular weight is 530 g/mol. The summed E-state index contributed by atoms with van der Waals surface area (Å²) >= 11 is 9.21. The van der Waals surface area contributed by atoms with Gasteiger partial charge in [-0.25, -0.2) is 5.43 Å². The van der Waals surface area contributed by atoms with Crippen molar-refractivity contribution < 1.29 is 19.1 Å². The van der Waals surface area contributed by atoms with Crippen LogP contribution in [0.15, 0.2) is 82.4 Å². The first-order valence-electron chi connectivity index (χ1n) is 9.58. The van der Waals surface area contributed by atoms with Crippen molar-refractivity contribution in [3.63, 3.8) is 0 Å². The fraction of sp³-hybridized carbons (Fsp3) is 0.0435. The van der Waals surface area contributed by atoms with E-state index in [-0.39, 0.29) is 12.5 Å². The Bertz CT molecular complexity index is 1190. The van der Waals surface area contributed by atoms with E-state index < -0.39 is 11.8 Å². The molecule has 33 heavy (non-hydrogen) atoms. The minimum Gasteiger partial charge on any atom is -0.483 e. The van der Waals surface area contributed by atoms with E-state index in [1.165, 1.54) is 12.3 Å². The predicted molar refractivity (Wildman–Crippen MR) is 131 cm³/mol. The van der Waals surface area contributed by atoms with Crippen LogP contribution in [0.1, 0.15) is 5.56 Å². The van der Waals surface area contributed by atoms with Gasteiger partial charge in [0, 0.05) is 26.4 Å². The Hall–Kier alpha value is -3.69. The van der Waals surface area contributed by atoms with Gasteiger partial charge in [-0.2, -0.15) is 5.10 Å². The smallest absolute Gasteiger partial charge is 0.329 e. The molecule has 3 amide bonds. The van der Waals surface area contributed by atoms with Crippen molar-refractivity contribution in [3.8, 4) is 5.75 Å². The van der Waals surface area contributed by atoms with Crippen molar-refractivity contribution in [3.05, 3.63) is 87.9 Å². The Balaban J connectivity index is 1.57. The summed E-state index contributed by atoms with van der Waals surface area (Å²) in [6.07, 6.45) is 1.31. The normalized spacial score (nSPS) is 10.5. The molecule has 0 fully saturated rings. The molecule has 10 heteroatoms. The fourth-order valence-corrected chi connectivity index (χ4v) is 3.15. The molecule has 0 bridgehead atoms. The molecule has 0 spiro atoms. The standard InChI is InChI=1S/C23H18BrClN4O4/c24-16-9-10-20(33-14-21(30)27-18-6-2-1-3-7-18)15(11-16)13-26-29-23(32)22(31)28-19-8-4-5-17(25)12-19/h1-13H,14H2,(H,27,30)(H,28,31)(H,29,32)/b26-13-. The van der Waals surface area contributed by atoms with E-state index in [1.54, 1.807) is 48.5 Å². The molecule has 0 aliphatic heterocycles. The topological polar surface area (TPSA) is 109 Å². The molecule has 3 rings (SSSR count). The summed E-state index contributed by atoms with van der Waals surface area (Å²) in [5.41, 5.74) is 3.66. The lowest BCUT2D eigenvalue weighted by molar-refractivity contribution is -0.136. The van der Waals surface area contributed by atoms with E-state index in [0.717, 1.165) is 4.47 Å². The molecule has 3 N–H and O–H groups in total. The van der Waals surface area contributed by atoms with Crippen LogP contribution in [0, 0.1) is 0 Å². The van der Waals surface area contributed by atoms with E-state index in [4.69, 9.17) is 16.3 Å². The molecule has 0 radical (unpaired) electrons. The van der Waals surface area contributed by atoms with Gasteiger partial charge in [0.05, 0.1) is 6.21 Å². The maximum atomic E-state index is 12.1. The number of nitrogens with one attached hydrogen (secondary N) is 3. The van der Waals surface area contributed by atoms with E-state index in [1.807, 2.05) is 18.2 Å². The maximum Gasteiger partial charge on any atom is 0.329 e. The highest BCUT2D eigenvalue weighted by atomic mass is 79.9. The fourth-order valence-electron chi connectivity index (χ4n) is 2.58. The average Bonchev–Trinajstić information content (AvgIpc) is 2.79. The molecular formula is C23H18BrClN4O4. The van der Waals surface area contributed by atoms with Crippen LogP contribution in [0.25, 0.3) is 0 Å². The first kappa shape index (κ1) is 24.0. The number of hydrazone groups is 1. The molecule has 0 atom stereocenters. The highest BCUT2D eigenvalue weighted by molar-refractivity contribution is 9.10. The zero-order chi connectivity index (χ0) is 23.6. The molecule has 3 aromatic rings. The summed E-state index contributed by atoms with van der Waals surface area (Å²) in [5, 5.41) is 9.37. The lowest BCUT2D eigenvalue weighted by atomic mass is 10.2. The third-order valence-electron chi connectivity index (χ3n) is 4.05. The summed E-state index contributed by atoms with van der Waals surface area (Å²) < 4.78 is 6.32. The number of ether oxygens (including phenoxy) is 1. The first-order chi connectivity index (χ1) is 15.9. The van der Waals surface area contributed by atoms with E-state index >= 15 is 0 Å². The number of anilines is 2. The molecule has 0 saturated heterocycles. The molecule has 3 aromatic carbocycles.